The van der Waals surface area contributed by atoms with Crippen molar-refractivity contribution >= 4 is 51.9 Å². The van der Waals surface area contributed by atoms with Crippen LogP contribution in [-0.4, -0.2) is 42.5 Å². The molecular formula is C14H16IN2O2S+. The van der Waals surface area contributed by atoms with E-state index in [0.717, 1.165) is 28.2 Å². The predicted octanol–water partition coefficient (Wildman–Crippen LogP) is 0.555. The highest BCUT2D eigenvalue weighted by molar-refractivity contribution is 14.1. The maximum Gasteiger partial charge on any atom is 0.292 e. The van der Waals surface area contributed by atoms with Crippen LogP contribution in [-0.2, 0) is 9.59 Å². The molecule has 0 bridgehead atoms. The van der Waals surface area contributed by atoms with Crippen LogP contribution in [0.15, 0.2) is 24.3 Å². The number of amides is 2. The van der Waals surface area contributed by atoms with E-state index in [9.17, 15) is 9.59 Å². The molecule has 1 aromatic rings. The smallest absolute Gasteiger partial charge is 0.292 e. The number of rotatable bonds is 2. The summed E-state index contributed by atoms with van der Waals surface area (Å²) in [5, 5.41) is 0. The Morgan fingerprint density at radius 2 is 1.80 bits per heavy atom. The number of benzene rings is 1. The Labute approximate surface area is 136 Å². The number of nitrogens with one attached hydrogen (secondary N) is 1. The number of halogens is 1. The van der Waals surface area contributed by atoms with E-state index in [4.69, 9.17) is 0 Å². The van der Waals surface area contributed by atoms with Crippen molar-refractivity contribution in [3.05, 3.63) is 27.8 Å². The number of carbonyl (C=O) groups is 2. The summed E-state index contributed by atoms with van der Waals surface area (Å²) in [4.78, 5) is 27.4. The van der Waals surface area contributed by atoms with Gasteiger partial charge in [-0.25, -0.2) is 4.90 Å². The molecule has 0 aliphatic carbocycles. The largest absolute Gasteiger partial charge is 0.323 e. The average molecular weight is 403 g/mol. The molecule has 106 valence electrons. The summed E-state index contributed by atoms with van der Waals surface area (Å²) in [5.41, 5.74) is 0.703. The number of imide groups is 1. The van der Waals surface area contributed by atoms with Crippen LogP contribution < -0.4 is 9.80 Å². The highest BCUT2D eigenvalue weighted by atomic mass is 127. The predicted molar refractivity (Wildman–Crippen MR) is 88.1 cm³/mol. The molecule has 4 nitrogen and oxygen atoms in total. The van der Waals surface area contributed by atoms with E-state index in [2.05, 4.69) is 22.6 Å². The average Bonchev–Trinajstić information content (AvgIpc) is 2.76. The third-order valence-electron chi connectivity index (χ3n) is 3.86. The minimum absolute atomic E-state index is 0.0295. The molecule has 2 aliphatic heterocycles. The topological polar surface area (TPSA) is 41.8 Å². The SMILES string of the molecule is O=C1CC([NH+]2CCSCC2)C(=O)N1c1ccc(I)cc1. The zero-order valence-corrected chi connectivity index (χ0v) is 13.9. The monoisotopic (exact) mass is 403 g/mol. The summed E-state index contributed by atoms with van der Waals surface area (Å²) in [6.45, 7) is 1.96. The maximum atomic E-state index is 12.6. The molecule has 2 aliphatic rings. The van der Waals surface area contributed by atoms with Crippen LogP contribution in [0.5, 0.6) is 0 Å². The van der Waals surface area contributed by atoms with Gasteiger partial charge in [-0.05, 0) is 46.9 Å². The third-order valence-corrected chi connectivity index (χ3v) is 5.56. The van der Waals surface area contributed by atoms with Crippen molar-refractivity contribution in [2.75, 3.05) is 29.5 Å². The molecule has 1 N–H and O–H groups in total. The Kier molecular flexibility index (Phi) is 4.32. The molecule has 0 radical (unpaired) electrons. The van der Waals surface area contributed by atoms with Crippen molar-refractivity contribution in [1.29, 1.82) is 0 Å². The molecule has 2 fully saturated rings. The summed E-state index contributed by atoms with van der Waals surface area (Å²) >= 11 is 4.14. The second-order valence-electron chi connectivity index (χ2n) is 5.07. The van der Waals surface area contributed by atoms with E-state index in [-0.39, 0.29) is 17.9 Å². The minimum atomic E-state index is -0.178. The van der Waals surface area contributed by atoms with Crippen LogP contribution in [0.1, 0.15) is 6.42 Å². The Hall–Kier alpha value is -0.600. The molecule has 3 rings (SSSR count). The number of hydrogen-bond donors (Lipinski definition) is 1. The first-order chi connectivity index (χ1) is 9.66. The van der Waals surface area contributed by atoms with Crippen LogP contribution in [0.2, 0.25) is 0 Å². The highest BCUT2D eigenvalue weighted by Crippen LogP contribution is 2.23. The fourth-order valence-corrected chi connectivity index (χ4v) is 4.17. The lowest BCUT2D eigenvalue weighted by atomic mass is 10.2. The van der Waals surface area contributed by atoms with Gasteiger partial charge >= 0.3 is 0 Å². The van der Waals surface area contributed by atoms with Gasteiger partial charge in [-0.3, -0.25) is 9.59 Å². The normalized spacial score (nSPS) is 24.4. The maximum absolute atomic E-state index is 12.6. The highest BCUT2D eigenvalue weighted by Gasteiger charge is 2.45. The van der Waals surface area contributed by atoms with Gasteiger partial charge in [0.15, 0.2) is 6.04 Å². The standard InChI is InChI=1S/C14H15IN2O2S/c15-10-1-3-11(4-2-10)17-13(18)9-12(14(17)19)16-5-7-20-8-6-16/h1-4,12H,5-9H2/p+1. The molecule has 0 saturated carbocycles. The molecule has 6 heteroatoms. The number of carbonyl (C=O) groups excluding carboxylic acids is 2. The molecule has 2 heterocycles. The van der Waals surface area contributed by atoms with E-state index in [1.54, 1.807) is 0 Å². The fourth-order valence-electron chi connectivity index (χ4n) is 2.79. The van der Waals surface area contributed by atoms with Crippen molar-refractivity contribution in [3.8, 4) is 0 Å². The number of nitrogens with zero attached hydrogens (tertiary/aromatic N) is 1. The summed E-state index contributed by atoms with van der Waals surface area (Å²) in [7, 11) is 0. The molecular weight excluding hydrogens is 387 g/mol. The van der Waals surface area contributed by atoms with Crippen molar-refractivity contribution in [2.45, 2.75) is 12.5 Å². The zero-order chi connectivity index (χ0) is 14.1. The van der Waals surface area contributed by atoms with Crippen molar-refractivity contribution in [1.82, 2.24) is 0 Å². The number of anilines is 1. The summed E-state index contributed by atoms with van der Waals surface area (Å²) in [5.74, 6) is 2.07. The second kappa shape index (κ2) is 6.03. The number of quaternary nitrogens is 1. The molecule has 1 unspecified atom stereocenters. The van der Waals surface area contributed by atoms with Crippen LogP contribution in [0.25, 0.3) is 0 Å². The van der Waals surface area contributed by atoms with E-state index >= 15 is 0 Å². The third kappa shape index (κ3) is 2.73. The lowest BCUT2D eigenvalue weighted by molar-refractivity contribution is -0.911. The molecule has 2 amide bonds. The number of thioether (sulfide) groups is 1. The Morgan fingerprint density at radius 1 is 1.15 bits per heavy atom. The molecule has 0 aromatic heterocycles. The van der Waals surface area contributed by atoms with Gasteiger partial charge in [0, 0.05) is 15.1 Å². The number of hydrogen-bond acceptors (Lipinski definition) is 3. The minimum Gasteiger partial charge on any atom is -0.323 e. The summed E-state index contributed by atoms with van der Waals surface area (Å²) in [6, 6.07) is 7.37. The van der Waals surface area contributed by atoms with Crippen molar-refractivity contribution < 1.29 is 14.5 Å². The van der Waals surface area contributed by atoms with Gasteiger partial charge in [-0.1, -0.05) is 0 Å². The van der Waals surface area contributed by atoms with Gasteiger partial charge in [0.25, 0.3) is 5.91 Å². The van der Waals surface area contributed by atoms with Crippen LogP contribution in [0, 0.1) is 3.57 Å². The van der Waals surface area contributed by atoms with E-state index in [0.29, 0.717) is 12.1 Å². The first-order valence-electron chi connectivity index (χ1n) is 6.71. The molecule has 1 atom stereocenters. The van der Waals surface area contributed by atoms with Crippen LogP contribution in [0.3, 0.4) is 0 Å². The lowest BCUT2D eigenvalue weighted by Gasteiger charge is -2.27. The molecule has 1 aromatic carbocycles. The van der Waals surface area contributed by atoms with Gasteiger partial charge in [0.1, 0.15) is 0 Å². The van der Waals surface area contributed by atoms with E-state index in [1.165, 1.54) is 9.80 Å². The first kappa shape index (κ1) is 14.3. The van der Waals surface area contributed by atoms with Crippen LogP contribution in [0.4, 0.5) is 5.69 Å². The van der Waals surface area contributed by atoms with E-state index < -0.39 is 0 Å². The molecule has 0 spiro atoms. The van der Waals surface area contributed by atoms with Crippen LogP contribution >= 0.6 is 34.4 Å². The quantitative estimate of drug-likeness (QED) is 0.580. The van der Waals surface area contributed by atoms with Gasteiger partial charge in [0.2, 0.25) is 5.91 Å². The van der Waals surface area contributed by atoms with Crippen molar-refractivity contribution in [3.63, 3.8) is 0 Å². The van der Waals surface area contributed by atoms with Gasteiger partial charge in [-0.15, -0.1) is 0 Å². The van der Waals surface area contributed by atoms with E-state index in [1.807, 2.05) is 36.0 Å². The Bertz CT molecular complexity index is 528. The summed E-state index contributed by atoms with van der Waals surface area (Å²) < 4.78 is 1.10. The lowest BCUT2D eigenvalue weighted by Crippen LogP contribution is -3.18. The molecule has 2 saturated heterocycles. The summed E-state index contributed by atoms with van der Waals surface area (Å²) in [6.07, 6.45) is 0.352. The Balaban J connectivity index is 1.81. The van der Waals surface area contributed by atoms with Gasteiger partial charge in [-0.2, -0.15) is 11.8 Å². The zero-order valence-electron chi connectivity index (χ0n) is 11.0. The second-order valence-corrected chi connectivity index (χ2v) is 7.54. The first-order valence-corrected chi connectivity index (χ1v) is 8.95. The van der Waals surface area contributed by atoms with Crippen molar-refractivity contribution in [2.24, 2.45) is 0 Å². The van der Waals surface area contributed by atoms with Gasteiger partial charge < -0.3 is 4.90 Å². The molecule has 20 heavy (non-hydrogen) atoms. The fraction of sp³-hybridized carbons (Fsp3) is 0.429. The Morgan fingerprint density at radius 3 is 2.45 bits per heavy atom. The van der Waals surface area contributed by atoms with Gasteiger partial charge in [0.05, 0.1) is 25.2 Å².